The van der Waals surface area contributed by atoms with E-state index in [1.807, 2.05) is 0 Å². The molecule has 2 heterocycles. The van der Waals surface area contributed by atoms with Crippen molar-refractivity contribution in [2.75, 3.05) is 0 Å². The molecule has 0 atom stereocenters. The first-order valence-corrected chi connectivity index (χ1v) is 5.57. The summed E-state index contributed by atoms with van der Waals surface area (Å²) in [5.74, 6) is -0.908. The lowest BCUT2D eigenvalue weighted by molar-refractivity contribution is -0.145. The number of imide groups is 2. The van der Waals surface area contributed by atoms with E-state index < -0.39 is 23.3 Å². The lowest BCUT2D eigenvalue weighted by Gasteiger charge is -2.29. The van der Waals surface area contributed by atoms with E-state index in [9.17, 15) is 14.4 Å². The number of carbonyl (C=O) groups excluding carboxylic acids is 3. The normalized spacial score (nSPS) is 21.1. The van der Waals surface area contributed by atoms with Crippen molar-refractivity contribution in [1.29, 1.82) is 0 Å². The highest BCUT2D eigenvalue weighted by molar-refractivity contribution is 6.20. The van der Waals surface area contributed by atoms with Crippen LogP contribution in [0.4, 0.5) is 4.79 Å². The molecule has 0 aromatic carbocycles. The summed E-state index contributed by atoms with van der Waals surface area (Å²) in [6, 6.07) is 2.66. The van der Waals surface area contributed by atoms with Gasteiger partial charge < -0.3 is 0 Å². The van der Waals surface area contributed by atoms with Crippen LogP contribution in [0.1, 0.15) is 18.5 Å². The molecule has 0 unspecified atom stereocenters. The molecule has 1 saturated carbocycles. The third-order valence-electron chi connectivity index (χ3n) is 3.25. The highest BCUT2D eigenvalue weighted by atomic mass is 16.2. The predicted molar refractivity (Wildman–Crippen MR) is 57.8 cm³/mol. The van der Waals surface area contributed by atoms with E-state index >= 15 is 0 Å². The van der Waals surface area contributed by atoms with Crippen molar-refractivity contribution in [2.24, 2.45) is 5.41 Å². The first-order valence-electron chi connectivity index (χ1n) is 5.57. The molecular weight excluding hydrogens is 236 g/mol. The van der Waals surface area contributed by atoms with E-state index in [4.69, 9.17) is 0 Å². The van der Waals surface area contributed by atoms with Gasteiger partial charge in [-0.25, -0.2) is 4.79 Å². The first-order chi connectivity index (χ1) is 8.63. The molecule has 1 aromatic rings. The summed E-state index contributed by atoms with van der Waals surface area (Å²) in [6.07, 6.45) is 2.51. The summed E-state index contributed by atoms with van der Waals surface area (Å²) in [5, 5.41) is 9.71. The minimum absolute atomic E-state index is 0.0353. The topological polar surface area (TPSA) is 92.3 Å². The third-order valence-corrected chi connectivity index (χ3v) is 3.25. The summed E-state index contributed by atoms with van der Waals surface area (Å²) in [6.45, 7) is 0.0353. The van der Waals surface area contributed by atoms with Crippen LogP contribution < -0.4 is 5.32 Å². The summed E-state index contributed by atoms with van der Waals surface area (Å²) < 4.78 is 0. The Labute approximate surface area is 102 Å². The first kappa shape index (κ1) is 10.8. The molecule has 0 radical (unpaired) electrons. The van der Waals surface area contributed by atoms with E-state index in [0.717, 1.165) is 4.90 Å². The molecule has 1 spiro atoms. The quantitative estimate of drug-likeness (QED) is 0.732. The minimum atomic E-state index is -1.00. The Morgan fingerprint density at radius 1 is 1.33 bits per heavy atom. The van der Waals surface area contributed by atoms with Gasteiger partial charge in [0.2, 0.25) is 11.8 Å². The van der Waals surface area contributed by atoms with Crippen LogP contribution in [0.3, 0.4) is 0 Å². The molecule has 7 nitrogen and oxygen atoms in total. The lowest BCUT2D eigenvalue weighted by atomic mass is 10.0. The standard InChI is InChI=1S/C11H10N4O3/c16-8-11(3-4-11)9(17)15(10(18)13-8)6-7-2-1-5-12-14-7/h1-2,5H,3-4,6H2,(H,13,16,18). The molecule has 1 N–H and O–H groups in total. The number of carbonyl (C=O) groups is 3. The van der Waals surface area contributed by atoms with Gasteiger partial charge in [0.1, 0.15) is 5.41 Å². The molecule has 1 saturated heterocycles. The second-order valence-electron chi connectivity index (χ2n) is 4.45. The maximum absolute atomic E-state index is 12.1. The van der Waals surface area contributed by atoms with Crippen molar-refractivity contribution in [1.82, 2.24) is 20.4 Å². The third kappa shape index (κ3) is 1.47. The van der Waals surface area contributed by atoms with Crippen LogP contribution in [0.25, 0.3) is 0 Å². The Morgan fingerprint density at radius 2 is 2.11 bits per heavy atom. The predicted octanol–water partition coefficient (Wildman–Crippen LogP) is -0.165. The van der Waals surface area contributed by atoms with Gasteiger partial charge in [0.15, 0.2) is 0 Å². The number of nitrogens with zero attached hydrogens (tertiary/aromatic N) is 3. The molecular formula is C11H10N4O3. The molecule has 18 heavy (non-hydrogen) atoms. The Hall–Kier alpha value is -2.31. The maximum atomic E-state index is 12.1. The zero-order chi connectivity index (χ0) is 12.8. The molecule has 1 aromatic heterocycles. The number of nitrogens with one attached hydrogen (secondary N) is 1. The average Bonchev–Trinajstić information content (AvgIpc) is 3.16. The van der Waals surface area contributed by atoms with Crippen LogP contribution in [-0.2, 0) is 16.1 Å². The summed E-state index contributed by atoms with van der Waals surface area (Å²) in [7, 11) is 0. The smallest absolute Gasteiger partial charge is 0.277 e. The molecule has 92 valence electrons. The monoisotopic (exact) mass is 246 g/mol. The molecule has 2 aliphatic rings. The minimum Gasteiger partial charge on any atom is -0.277 e. The van der Waals surface area contributed by atoms with Crippen LogP contribution in [0.2, 0.25) is 0 Å². The number of hydrogen-bond donors (Lipinski definition) is 1. The maximum Gasteiger partial charge on any atom is 0.331 e. The number of rotatable bonds is 2. The van der Waals surface area contributed by atoms with Crippen LogP contribution in [0, 0.1) is 5.41 Å². The Bertz CT molecular complexity index is 538. The highest BCUT2D eigenvalue weighted by Crippen LogP contribution is 2.49. The van der Waals surface area contributed by atoms with Crippen molar-refractivity contribution in [3.8, 4) is 0 Å². The number of aromatic nitrogens is 2. The van der Waals surface area contributed by atoms with Crippen LogP contribution >= 0.6 is 0 Å². The summed E-state index contributed by atoms with van der Waals surface area (Å²) >= 11 is 0. The number of urea groups is 1. The van der Waals surface area contributed by atoms with Crippen molar-refractivity contribution in [2.45, 2.75) is 19.4 Å². The SMILES string of the molecule is O=C1NC(=O)C2(CC2)C(=O)N1Cc1cccnn1. The Balaban J connectivity index is 1.85. The fourth-order valence-electron chi connectivity index (χ4n) is 2.02. The van der Waals surface area contributed by atoms with E-state index in [1.54, 1.807) is 12.1 Å². The van der Waals surface area contributed by atoms with E-state index in [1.165, 1.54) is 6.20 Å². The van der Waals surface area contributed by atoms with Gasteiger partial charge >= 0.3 is 6.03 Å². The zero-order valence-corrected chi connectivity index (χ0v) is 9.42. The highest BCUT2D eigenvalue weighted by Gasteiger charge is 2.62. The van der Waals surface area contributed by atoms with Gasteiger partial charge in [-0.3, -0.25) is 19.8 Å². The van der Waals surface area contributed by atoms with Gasteiger partial charge in [0.05, 0.1) is 12.2 Å². The summed E-state index contributed by atoms with van der Waals surface area (Å²) in [5.41, 5.74) is -0.498. The van der Waals surface area contributed by atoms with E-state index in [-0.39, 0.29) is 6.54 Å². The van der Waals surface area contributed by atoms with Gasteiger partial charge in [-0.15, -0.1) is 0 Å². The van der Waals surface area contributed by atoms with Crippen LogP contribution in [0.5, 0.6) is 0 Å². The average molecular weight is 246 g/mol. The molecule has 0 bridgehead atoms. The van der Waals surface area contributed by atoms with Crippen molar-refractivity contribution >= 4 is 17.8 Å². The lowest BCUT2D eigenvalue weighted by Crippen LogP contribution is -2.58. The number of hydrogen-bond acceptors (Lipinski definition) is 5. The van der Waals surface area contributed by atoms with E-state index in [0.29, 0.717) is 18.5 Å². The van der Waals surface area contributed by atoms with Crippen molar-refractivity contribution in [3.63, 3.8) is 0 Å². The molecule has 1 aliphatic carbocycles. The molecule has 1 aliphatic heterocycles. The molecule has 2 fully saturated rings. The molecule has 4 amide bonds. The van der Waals surface area contributed by atoms with Crippen molar-refractivity contribution in [3.05, 3.63) is 24.0 Å². The summed E-state index contributed by atoms with van der Waals surface area (Å²) in [4.78, 5) is 36.4. The molecule has 3 rings (SSSR count). The zero-order valence-electron chi connectivity index (χ0n) is 9.42. The van der Waals surface area contributed by atoms with E-state index in [2.05, 4.69) is 15.5 Å². The van der Waals surface area contributed by atoms with Gasteiger partial charge in [-0.05, 0) is 25.0 Å². The fourth-order valence-corrected chi connectivity index (χ4v) is 2.02. The van der Waals surface area contributed by atoms with Gasteiger partial charge in [0.25, 0.3) is 0 Å². The van der Waals surface area contributed by atoms with Gasteiger partial charge in [-0.1, -0.05) is 0 Å². The Morgan fingerprint density at radius 3 is 2.72 bits per heavy atom. The number of amides is 4. The second kappa shape index (κ2) is 3.59. The number of barbiturate groups is 1. The van der Waals surface area contributed by atoms with Crippen molar-refractivity contribution < 1.29 is 14.4 Å². The Kier molecular flexibility index (Phi) is 2.16. The van der Waals surface area contributed by atoms with Gasteiger partial charge in [0, 0.05) is 6.20 Å². The molecule has 7 heteroatoms. The van der Waals surface area contributed by atoms with Gasteiger partial charge in [-0.2, -0.15) is 10.2 Å². The van der Waals surface area contributed by atoms with Crippen LogP contribution in [0.15, 0.2) is 18.3 Å². The second-order valence-corrected chi connectivity index (χ2v) is 4.45. The largest absolute Gasteiger partial charge is 0.331 e. The van der Waals surface area contributed by atoms with Crippen LogP contribution in [-0.4, -0.2) is 32.9 Å². The fraction of sp³-hybridized carbons (Fsp3) is 0.364.